The second kappa shape index (κ2) is 5.82. The average Bonchev–Trinajstić information content (AvgIpc) is 2.88. The number of hydrogen-bond acceptors (Lipinski definition) is 4. The number of nitriles is 1. The predicted molar refractivity (Wildman–Crippen MR) is 69.1 cm³/mol. The topological polar surface area (TPSA) is 77.4 Å². The minimum Gasteiger partial charge on any atom is -0.385 e. The minimum absolute atomic E-state index is 0.724. The van der Waals surface area contributed by atoms with Gasteiger partial charge in [-0.15, -0.1) is 0 Å². The summed E-state index contributed by atoms with van der Waals surface area (Å²) < 4.78 is 0. The molecule has 5 nitrogen and oxygen atoms in total. The number of H-pyrrole nitrogens is 1. The highest BCUT2D eigenvalue weighted by molar-refractivity contribution is 5.51. The fourth-order valence-corrected chi connectivity index (χ4v) is 1.74. The van der Waals surface area contributed by atoms with E-state index in [0.717, 1.165) is 42.0 Å². The van der Waals surface area contributed by atoms with Crippen molar-refractivity contribution in [3.63, 3.8) is 0 Å². The fraction of sp³-hybridized carbons (Fsp3) is 0.308. The van der Waals surface area contributed by atoms with Crippen molar-refractivity contribution in [2.45, 2.75) is 19.8 Å². The number of aromatic amines is 1. The number of anilines is 1. The fourth-order valence-electron chi connectivity index (χ4n) is 1.74. The summed E-state index contributed by atoms with van der Waals surface area (Å²) in [6.07, 6.45) is 3.38. The predicted octanol–water partition coefficient (Wildman–Crippen LogP) is 2.03. The van der Waals surface area contributed by atoms with Crippen LogP contribution in [0.2, 0.25) is 0 Å². The molecule has 0 aliphatic rings. The molecule has 2 rings (SSSR count). The van der Waals surface area contributed by atoms with Gasteiger partial charge in [0.05, 0.1) is 11.6 Å². The molecule has 0 aliphatic heterocycles. The van der Waals surface area contributed by atoms with Gasteiger partial charge >= 0.3 is 0 Å². The number of aryl methyl sites for hydroxylation is 2. The maximum Gasteiger partial charge on any atom is 0.137 e. The highest BCUT2D eigenvalue weighted by atomic mass is 15.2. The molecular formula is C13H15N5. The van der Waals surface area contributed by atoms with Crippen LogP contribution in [0.25, 0.3) is 0 Å². The zero-order valence-electron chi connectivity index (χ0n) is 10.3. The number of rotatable bonds is 5. The lowest BCUT2D eigenvalue weighted by Crippen LogP contribution is -2.04. The number of benzene rings is 1. The van der Waals surface area contributed by atoms with Crippen molar-refractivity contribution < 1.29 is 0 Å². The van der Waals surface area contributed by atoms with E-state index in [0.29, 0.717) is 0 Å². The van der Waals surface area contributed by atoms with E-state index in [-0.39, 0.29) is 0 Å². The molecule has 18 heavy (non-hydrogen) atoms. The average molecular weight is 241 g/mol. The zero-order chi connectivity index (χ0) is 12.8. The molecule has 2 N–H and O–H groups in total. The number of nitrogens with one attached hydrogen (secondary N) is 2. The summed E-state index contributed by atoms with van der Waals surface area (Å²) >= 11 is 0. The Kier molecular flexibility index (Phi) is 3.92. The van der Waals surface area contributed by atoms with Crippen LogP contribution in [0.1, 0.15) is 23.4 Å². The van der Waals surface area contributed by atoms with Gasteiger partial charge in [0.25, 0.3) is 0 Å². The molecule has 0 atom stereocenters. The first-order chi connectivity index (χ1) is 8.79. The highest BCUT2D eigenvalue weighted by Gasteiger charge is 1.99. The first kappa shape index (κ1) is 12.1. The van der Waals surface area contributed by atoms with Gasteiger partial charge in [-0.25, -0.2) is 4.98 Å². The number of aromatic nitrogens is 3. The van der Waals surface area contributed by atoms with E-state index in [1.807, 2.05) is 25.1 Å². The van der Waals surface area contributed by atoms with Crippen LogP contribution < -0.4 is 5.32 Å². The maximum absolute atomic E-state index is 8.84. The van der Waals surface area contributed by atoms with Crippen LogP contribution in [-0.2, 0) is 6.42 Å². The third kappa shape index (κ3) is 3.08. The summed E-state index contributed by atoms with van der Waals surface area (Å²) in [5.41, 5.74) is 2.77. The Labute approximate surface area is 106 Å². The van der Waals surface area contributed by atoms with Gasteiger partial charge in [-0.1, -0.05) is 0 Å². The van der Waals surface area contributed by atoms with Crippen LogP contribution in [0, 0.1) is 18.3 Å². The summed E-state index contributed by atoms with van der Waals surface area (Å²) in [5, 5.41) is 18.8. The van der Waals surface area contributed by atoms with Gasteiger partial charge < -0.3 is 5.32 Å². The van der Waals surface area contributed by atoms with Crippen molar-refractivity contribution in [3.8, 4) is 6.07 Å². The number of nitrogens with zero attached hydrogens (tertiary/aromatic N) is 3. The third-order valence-electron chi connectivity index (χ3n) is 2.73. The first-order valence-electron chi connectivity index (χ1n) is 5.88. The van der Waals surface area contributed by atoms with Gasteiger partial charge in [-0.3, -0.25) is 5.10 Å². The van der Waals surface area contributed by atoms with E-state index in [9.17, 15) is 0 Å². The van der Waals surface area contributed by atoms with Crippen molar-refractivity contribution >= 4 is 5.69 Å². The molecule has 0 radical (unpaired) electrons. The van der Waals surface area contributed by atoms with Gasteiger partial charge in [-0.2, -0.15) is 10.4 Å². The third-order valence-corrected chi connectivity index (χ3v) is 2.73. The molecule has 2 aromatic rings. The van der Waals surface area contributed by atoms with Crippen LogP contribution in [0.5, 0.6) is 0 Å². The Morgan fingerprint density at radius 1 is 1.44 bits per heavy atom. The van der Waals surface area contributed by atoms with Crippen molar-refractivity contribution in [1.82, 2.24) is 15.2 Å². The summed E-state index contributed by atoms with van der Waals surface area (Å²) in [5.74, 6) is 0.910. The summed E-state index contributed by atoms with van der Waals surface area (Å²) in [6.45, 7) is 2.81. The van der Waals surface area contributed by atoms with Crippen LogP contribution >= 0.6 is 0 Å². The van der Waals surface area contributed by atoms with E-state index < -0.39 is 0 Å². The minimum atomic E-state index is 0.724. The molecule has 1 aromatic heterocycles. The normalized spacial score (nSPS) is 10.0. The second-order valence-electron chi connectivity index (χ2n) is 4.10. The molecule has 0 amide bonds. The Bertz CT molecular complexity index is 539. The monoisotopic (exact) mass is 241 g/mol. The van der Waals surface area contributed by atoms with E-state index in [2.05, 4.69) is 26.6 Å². The SMILES string of the molecule is Cc1cc(NCCCc2ncn[nH]2)ccc1C#N. The Morgan fingerprint density at radius 3 is 3.00 bits per heavy atom. The van der Waals surface area contributed by atoms with Gasteiger partial charge in [0, 0.05) is 18.7 Å². The molecule has 0 unspecified atom stereocenters. The molecule has 0 spiro atoms. The van der Waals surface area contributed by atoms with E-state index >= 15 is 0 Å². The van der Waals surface area contributed by atoms with Crippen LogP contribution in [0.3, 0.4) is 0 Å². The second-order valence-corrected chi connectivity index (χ2v) is 4.10. The van der Waals surface area contributed by atoms with Crippen molar-refractivity contribution in [1.29, 1.82) is 5.26 Å². The summed E-state index contributed by atoms with van der Waals surface area (Å²) in [6, 6.07) is 7.93. The van der Waals surface area contributed by atoms with Gasteiger partial charge in [0.1, 0.15) is 12.2 Å². The summed E-state index contributed by atoms with van der Waals surface area (Å²) in [4.78, 5) is 4.07. The Morgan fingerprint density at radius 2 is 2.33 bits per heavy atom. The summed E-state index contributed by atoms with van der Waals surface area (Å²) in [7, 11) is 0. The largest absolute Gasteiger partial charge is 0.385 e. The lowest BCUT2D eigenvalue weighted by molar-refractivity contribution is 0.806. The van der Waals surface area contributed by atoms with E-state index in [1.165, 1.54) is 6.33 Å². The first-order valence-corrected chi connectivity index (χ1v) is 5.88. The molecule has 0 saturated heterocycles. The lowest BCUT2D eigenvalue weighted by atomic mass is 10.1. The molecule has 1 heterocycles. The Balaban J connectivity index is 1.80. The molecule has 0 fully saturated rings. The van der Waals surface area contributed by atoms with Gasteiger partial charge in [-0.05, 0) is 37.1 Å². The smallest absolute Gasteiger partial charge is 0.137 e. The molecular weight excluding hydrogens is 226 g/mol. The van der Waals surface area contributed by atoms with Crippen LogP contribution in [-0.4, -0.2) is 21.7 Å². The lowest BCUT2D eigenvalue weighted by Gasteiger charge is -2.07. The van der Waals surface area contributed by atoms with Gasteiger partial charge in [0.15, 0.2) is 0 Å². The number of hydrogen-bond donors (Lipinski definition) is 2. The van der Waals surface area contributed by atoms with Crippen LogP contribution in [0.4, 0.5) is 5.69 Å². The molecule has 0 bridgehead atoms. The van der Waals surface area contributed by atoms with E-state index in [1.54, 1.807) is 0 Å². The molecule has 1 aromatic carbocycles. The molecule has 0 saturated carbocycles. The van der Waals surface area contributed by atoms with Crippen molar-refractivity contribution in [2.24, 2.45) is 0 Å². The molecule has 0 aliphatic carbocycles. The van der Waals surface area contributed by atoms with Crippen LogP contribution in [0.15, 0.2) is 24.5 Å². The highest BCUT2D eigenvalue weighted by Crippen LogP contribution is 2.14. The van der Waals surface area contributed by atoms with Gasteiger partial charge in [0.2, 0.25) is 0 Å². The molecule has 5 heteroatoms. The standard InChI is InChI=1S/C13H15N5/c1-10-7-12(5-4-11(10)8-14)15-6-2-3-13-16-9-17-18-13/h4-5,7,9,15H,2-3,6H2,1H3,(H,16,17,18). The zero-order valence-corrected chi connectivity index (χ0v) is 10.3. The maximum atomic E-state index is 8.84. The van der Waals surface area contributed by atoms with Crippen molar-refractivity contribution in [2.75, 3.05) is 11.9 Å². The van der Waals surface area contributed by atoms with E-state index in [4.69, 9.17) is 5.26 Å². The quantitative estimate of drug-likeness (QED) is 0.785. The van der Waals surface area contributed by atoms with Crippen molar-refractivity contribution in [3.05, 3.63) is 41.5 Å². The molecule has 92 valence electrons. The Hall–Kier alpha value is -2.35.